The quantitative estimate of drug-likeness (QED) is 0.841. The van der Waals surface area contributed by atoms with Gasteiger partial charge in [0.25, 0.3) is 0 Å². The van der Waals surface area contributed by atoms with Crippen molar-refractivity contribution in [3.63, 3.8) is 0 Å². The van der Waals surface area contributed by atoms with Crippen LogP contribution in [0.4, 0.5) is 0 Å². The van der Waals surface area contributed by atoms with E-state index in [2.05, 4.69) is 0 Å². The van der Waals surface area contributed by atoms with Gasteiger partial charge in [0.2, 0.25) is 0 Å². The van der Waals surface area contributed by atoms with E-state index in [-0.39, 0.29) is 22.3 Å². The highest BCUT2D eigenvalue weighted by Gasteiger charge is 2.27. The van der Waals surface area contributed by atoms with Crippen LogP contribution in [0.1, 0.15) is 31.2 Å². The van der Waals surface area contributed by atoms with Gasteiger partial charge in [0.05, 0.1) is 4.90 Å². The van der Waals surface area contributed by atoms with Crippen LogP contribution in [-0.2, 0) is 14.6 Å². The third kappa shape index (κ3) is 2.99. The molecule has 98 valence electrons. The Labute approximate surface area is 108 Å². The van der Waals surface area contributed by atoms with E-state index in [0.717, 1.165) is 31.2 Å². The lowest BCUT2D eigenvalue weighted by molar-refractivity contribution is -0.120. The van der Waals surface area contributed by atoms with Crippen LogP contribution in [0, 0.1) is 12.8 Å². The predicted octanol–water partition coefficient (Wildman–Crippen LogP) is 2.53. The fourth-order valence-electron chi connectivity index (χ4n) is 2.38. The minimum atomic E-state index is -3.46. The predicted molar refractivity (Wildman–Crippen MR) is 70.2 cm³/mol. The highest BCUT2D eigenvalue weighted by Crippen LogP contribution is 2.26. The molecule has 0 atom stereocenters. The lowest BCUT2D eigenvalue weighted by Gasteiger charge is -2.08. The second-order valence-electron chi connectivity index (χ2n) is 5.02. The lowest BCUT2D eigenvalue weighted by Crippen LogP contribution is -2.22. The molecule has 0 heterocycles. The monoisotopic (exact) mass is 266 g/mol. The van der Waals surface area contributed by atoms with Gasteiger partial charge in [-0.2, -0.15) is 0 Å². The number of sulfone groups is 1. The van der Waals surface area contributed by atoms with E-state index in [1.165, 1.54) is 0 Å². The summed E-state index contributed by atoms with van der Waals surface area (Å²) >= 11 is 0. The molecule has 1 fully saturated rings. The molecule has 18 heavy (non-hydrogen) atoms. The van der Waals surface area contributed by atoms with Gasteiger partial charge in [-0.1, -0.05) is 30.5 Å². The van der Waals surface area contributed by atoms with Crippen molar-refractivity contribution in [2.75, 3.05) is 5.75 Å². The molecular weight excluding hydrogens is 248 g/mol. The molecule has 0 amide bonds. The van der Waals surface area contributed by atoms with Crippen LogP contribution in [-0.4, -0.2) is 20.0 Å². The molecule has 1 aliphatic rings. The number of hydrogen-bond acceptors (Lipinski definition) is 3. The van der Waals surface area contributed by atoms with Gasteiger partial charge in [0.15, 0.2) is 15.6 Å². The van der Waals surface area contributed by atoms with Gasteiger partial charge in [0, 0.05) is 5.92 Å². The van der Waals surface area contributed by atoms with E-state index in [9.17, 15) is 13.2 Å². The zero-order chi connectivity index (χ0) is 13.2. The first kappa shape index (κ1) is 13.3. The summed E-state index contributed by atoms with van der Waals surface area (Å²) in [5.41, 5.74) is 1.01. The number of benzene rings is 1. The maximum atomic E-state index is 12.1. The number of carbonyl (C=O) groups excluding carboxylic acids is 1. The van der Waals surface area contributed by atoms with Crippen molar-refractivity contribution >= 4 is 15.6 Å². The Balaban J connectivity index is 2.11. The molecule has 0 N–H and O–H groups in total. The Bertz CT molecular complexity index is 523. The largest absolute Gasteiger partial charge is 0.298 e. The van der Waals surface area contributed by atoms with E-state index in [0.29, 0.717) is 0 Å². The van der Waals surface area contributed by atoms with Crippen LogP contribution < -0.4 is 0 Å². The molecule has 1 saturated carbocycles. The van der Waals surface area contributed by atoms with Crippen molar-refractivity contribution in [2.24, 2.45) is 5.92 Å². The lowest BCUT2D eigenvalue weighted by atomic mass is 10.0. The van der Waals surface area contributed by atoms with Crippen LogP contribution >= 0.6 is 0 Å². The number of carbonyl (C=O) groups is 1. The number of Topliss-reactive ketones (excluding diaryl/α,β-unsaturated/α-hetero) is 1. The molecule has 0 aromatic heterocycles. The maximum Gasteiger partial charge on any atom is 0.185 e. The van der Waals surface area contributed by atoms with E-state index in [1.807, 2.05) is 6.92 Å². The van der Waals surface area contributed by atoms with Crippen LogP contribution in [0.15, 0.2) is 29.2 Å². The zero-order valence-corrected chi connectivity index (χ0v) is 11.4. The summed E-state index contributed by atoms with van der Waals surface area (Å²) < 4.78 is 24.2. The topological polar surface area (TPSA) is 51.2 Å². The van der Waals surface area contributed by atoms with Crippen LogP contribution in [0.25, 0.3) is 0 Å². The third-order valence-electron chi connectivity index (χ3n) is 3.52. The Morgan fingerprint density at radius 1 is 1.17 bits per heavy atom. The summed E-state index contributed by atoms with van der Waals surface area (Å²) in [6.07, 6.45) is 3.78. The molecule has 0 saturated heterocycles. The van der Waals surface area contributed by atoms with E-state index < -0.39 is 9.84 Å². The zero-order valence-electron chi connectivity index (χ0n) is 10.6. The molecule has 2 rings (SSSR count). The second-order valence-corrected chi connectivity index (χ2v) is 7.01. The fraction of sp³-hybridized carbons (Fsp3) is 0.500. The van der Waals surface area contributed by atoms with Crippen LogP contribution in [0.3, 0.4) is 0 Å². The van der Waals surface area contributed by atoms with Crippen LogP contribution in [0.2, 0.25) is 0 Å². The molecule has 1 aromatic rings. The average Bonchev–Trinajstić information content (AvgIpc) is 2.82. The van der Waals surface area contributed by atoms with Crippen molar-refractivity contribution in [1.29, 1.82) is 0 Å². The molecule has 0 unspecified atom stereocenters. The third-order valence-corrected chi connectivity index (χ3v) is 5.18. The number of ketones is 1. The van der Waals surface area contributed by atoms with Gasteiger partial charge in [-0.25, -0.2) is 8.42 Å². The standard InChI is InChI=1S/C14H18O3S/c1-11-6-8-13(9-7-11)18(16,17)10-14(15)12-4-2-3-5-12/h6-9,12H,2-5,10H2,1H3. The molecule has 0 spiro atoms. The molecule has 1 aromatic carbocycles. The smallest absolute Gasteiger partial charge is 0.185 e. The normalized spacial score (nSPS) is 16.9. The number of aryl methyl sites for hydroxylation is 1. The van der Waals surface area contributed by atoms with Gasteiger partial charge in [0.1, 0.15) is 5.75 Å². The summed E-state index contributed by atoms with van der Waals surface area (Å²) in [5.74, 6) is -0.501. The second kappa shape index (κ2) is 5.22. The summed E-state index contributed by atoms with van der Waals surface area (Å²) in [6, 6.07) is 6.67. The Kier molecular flexibility index (Phi) is 3.85. The first-order valence-electron chi connectivity index (χ1n) is 6.31. The summed E-state index contributed by atoms with van der Waals surface area (Å²) in [6.45, 7) is 1.90. The highest BCUT2D eigenvalue weighted by molar-refractivity contribution is 7.92. The van der Waals surface area contributed by atoms with Gasteiger partial charge < -0.3 is 0 Å². The van der Waals surface area contributed by atoms with Gasteiger partial charge in [-0.15, -0.1) is 0 Å². The molecule has 0 radical (unpaired) electrons. The average molecular weight is 266 g/mol. The van der Waals surface area contributed by atoms with Crippen molar-refractivity contribution in [1.82, 2.24) is 0 Å². The first-order valence-corrected chi connectivity index (χ1v) is 7.96. The summed E-state index contributed by atoms with van der Waals surface area (Å²) in [4.78, 5) is 12.2. The van der Waals surface area contributed by atoms with Crippen molar-refractivity contribution in [3.8, 4) is 0 Å². The van der Waals surface area contributed by atoms with Gasteiger partial charge >= 0.3 is 0 Å². The van der Waals surface area contributed by atoms with E-state index >= 15 is 0 Å². The number of hydrogen-bond donors (Lipinski definition) is 0. The Morgan fingerprint density at radius 3 is 2.28 bits per heavy atom. The SMILES string of the molecule is Cc1ccc(S(=O)(=O)CC(=O)C2CCCC2)cc1. The number of rotatable bonds is 4. The van der Waals surface area contributed by atoms with Gasteiger partial charge in [-0.3, -0.25) is 4.79 Å². The fourth-order valence-corrected chi connectivity index (χ4v) is 3.71. The molecule has 1 aliphatic carbocycles. The Hall–Kier alpha value is -1.16. The Morgan fingerprint density at radius 2 is 1.72 bits per heavy atom. The molecule has 0 bridgehead atoms. The molecule has 4 heteroatoms. The van der Waals surface area contributed by atoms with Crippen LogP contribution in [0.5, 0.6) is 0 Å². The van der Waals surface area contributed by atoms with E-state index in [1.54, 1.807) is 24.3 Å². The first-order chi connectivity index (χ1) is 8.49. The van der Waals surface area contributed by atoms with Crippen molar-refractivity contribution < 1.29 is 13.2 Å². The summed E-state index contributed by atoms with van der Waals surface area (Å²) in [7, 11) is -3.46. The summed E-state index contributed by atoms with van der Waals surface area (Å²) in [5, 5.41) is 0. The minimum absolute atomic E-state index is 0.0368. The highest BCUT2D eigenvalue weighted by atomic mass is 32.2. The molecule has 0 aliphatic heterocycles. The van der Waals surface area contributed by atoms with Crippen molar-refractivity contribution in [2.45, 2.75) is 37.5 Å². The van der Waals surface area contributed by atoms with Crippen molar-refractivity contribution in [3.05, 3.63) is 29.8 Å². The molecular formula is C14H18O3S. The van der Waals surface area contributed by atoms with E-state index in [4.69, 9.17) is 0 Å². The minimum Gasteiger partial charge on any atom is -0.298 e. The molecule has 3 nitrogen and oxygen atoms in total. The maximum absolute atomic E-state index is 12.1. The van der Waals surface area contributed by atoms with Gasteiger partial charge in [-0.05, 0) is 31.9 Å².